The first-order valence-electron chi connectivity index (χ1n) is 8.16. The number of benzene rings is 2. The maximum atomic E-state index is 11.8. The fourth-order valence-corrected chi connectivity index (χ4v) is 2.18. The molecule has 0 aliphatic carbocycles. The van der Waals surface area contributed by atoms with Gasteiger partial charge in [-0.1, -0.05) is 60.7 Å². The molecule has 0 aliphatic rings. The summed E-state index contributed by atoms with van der Waals surface area (Å²) in [5.41, 5.74) is 11.3. The summed E-state index contributed by atoms with van der Waals surface area (Å²) < 4.78 is 0. The van der Waals surface area contributed by atoms with Gasteiger partial charge in [0.2, 0.25) is 0 Å². The van der Waals surface area contributed by atoms with Crippen molar-refractivity contribution in [3.8, 4) is 0 Å². The molecule has 3 rings (SSSR count). The van der Waals surface area contributed by atoms with Gasteiger partial charge in [0, 0.05) is 11.1 Å². The lowest BCUT2D eigenvalue weighted by Crippen LogP contribution is -2.08. The number of carbonyl (C=O) groups excluding carboxylic acids is 2. The minimum Gasteiger partial charge on any atom is -0.476 e. The minimum atomic E-state index is -1.21. The zero-order chi connectivity index (χ0) is 20.5. The summed E-state index contributed by atoms with van der Waals surface area (Å²) in [7, 11) is 0. The van der Waals surface area contributed by atoms with Gasteiger partial charge in [0.15, 0.2) is 23.1 Å². The van der Waals surface area contributed by atoms with Crippen LogP contribution in [0.15, 0.2) is 66.9 Å². The van der Waals surface area contributed by atoms with Crippen LogP contribution in [-0.2, 0) is 0 Å². The molecule has 8 heteroatoms. The average molecular weight is 378 g/mol. The predicted octanol–water partition coefficient (Wildman–Crippen LogP) is 2.48. The lowest BCUT2D eigenvalue weighted by atomic mass is 10.0. The van der Waals surface area contributed by atoms with Crippen LogP contribution in [0.25, 0.3) is 0 Å². The first kappa shape index (κ1) is 20.2. The molecule has 0 fully saturated rings. The van der Waals surface area contributed by atoms with E-state index < -0.39 is 5.97 Å². The summed E-state index contributed by atoms with van der Waals surface area (Å²) >= 11 is 0. The molecule has 0 aliphatic heterocycles. The summed E-state index contributed by atoms with van der Waals surface area (Å²) in [6.07, 6.45) is 1.06. The van der Waals surface area contributed by atoms with E-state index in [-0.39, 0.29) is 35.3 Å². The van der Waals surface area contributed by atoms with Crippen LogP contribution in [0.1, 0.15) is 37.6 Å². The Labute approximate surface area is 160 Å². The lowest BCUT2D eigenvalue weighted by Gasteiger charge is -2.00. The Balaban J connectivity index is 0.000000221. The lowest BCUT2D eigenvalue weighted by molar-refractivity contribution is 0.0690. The van der Waals surface area contributed by atoms with Crippen molar-refractivity contribution in [2.75, 3.05) is 11.5 Å². The van der Waals surface area contributed by atoms with Gasteiger partial charge in [-0.25, -0.2) is 14.8 Å². The van der Waals surface area contributed by atoms with Crippen molar-refractivity contribution < 1.29 is 19.5 Å². The molecule has 0 amide bonds. The molecule has 0 atom stereocenters. The summed E-state index contributed by atoms with van der Waals surface area (Å²) in [6, 6.07) is 17.7. The molecule has 28 heavy (non-hydrogen) atoms. The second kappa shape index (κ2) is 9.58. The van der Waals surface area contributed by atoms with Gasteiger partial charge in [0.25, 0.3) is 0 Å². The number of rotatable bonds is 5. The molecule has 8 nitrogen and oxygen atoms in total. The Morgan fingerprint density at radius 3 is 1.68 bits per heavy atom. The maximum absolute atomic E-state index is 11.8. The number of nitrogen functional groups attached to an aromatic ring is 2. The highest BCUT2D eigenvalue weighted by molar-refractivity contribution is 6.13. The maximum Gasteiger partial charge on any atom is 0.358 e. The Morgan fingerprint density at radius 2 is 1.29 bits per heavy atom. The molecule has 0 radical (unpaired) electrons. The number of aromatic nitrogens is 2. The number of aromatic carboxylic acids is 1. The number of carbonyl (C=O) groups is 3. The molecule has 0 saturated carbocycles. The number of ketones is 2. The van der Waals surface area contributed by atoms with E-state index >= 15 is 0 Å². The van der Waals surface area contributed by atoms with Crippen LogP contribution in [-0.4, -0.2) is 32.6 Å². The smallest absolute Gasteiger partial charge is 0.358 e. The zero-order valence-electron chi connectivity index (χ0n) is 14.8. The van der Waals surface area contributed by atoms with Gasteiger partial charge in [-0.2, -0.15) is 0 Å². The monoisotopic (exact) mass is 378 g/mol. The largest absolute Gasteiger partial charge is 0.476 e. The third-order valence-corrected chi connectivity index (χ3v) is 3.53. The van der Waals surface area contributed by atoms with E-state index in [2.05, 4.69) is 9.97 Å². The number of anilines is 2. The van der Waals surface area contributed by atoms with Crippen molar-refractivity contribution in [2.45, 2.75) is 6.42 Å². The Morgan fingerprint density at radius 1 is 0.821 bits per heavy atom. The van der Waals surface area contributed by atoms with E-state index in [1.54, 1.807) is 48.5 Å². The second-order valence-electron chi connectivity index (χ2n) is 5.59. The number of Topliss-reactive ketones (excluding diaryl/α,β-unsaturated/α-hetero) is 2. The molecule has 1 aromatic heterocycles. The van der Waals surface area contributed by atoms with Gasteiger partial charge in [-0.3, -0.25) is 9.59 Å². The molecule has 0 bridgehead atoms. The van der Waals surface area contributed by atoms with Crippen LogP contribution in [0.3, 0.4) is 0 Å². The number of nitrogens with zero attached hydrogens (tertiary/aromatic N) is 2. The van der Waals surface area contributed by atoms with Crippen LogP contribution in [0.2, 0.25) is 0 Å². The highest BCUT2D eigenvalue weighted by atomic mass is 16.4. The normalized spacial score (nSPS) is 9.71. The van der Waals surface area contributed by atoms with Gasteiger partial charge in [-0.05, 0) is 0 Å². The van der Waals surface area contributed by atoms with E-state index in [1.165, 1.54) is 0 Å². The summed E-state index contributed by atoms with van der Waals surface area (Å²) in [6.45, 7) is 0. The third-order valence-electron chi connectivity index (χ3n) is 3.53. The average Bonchev–Trinajstić information content (AvgIpc) is 2.69. The second-order valence-corrected chi connectivity index (χ2v) is 5.59. The quantitative estimate of drug-likeness (QED) is 0.453. The van der Waals surface area contributed by atoms with Crippen LogP contribution < -0.4 is 11.5 Å². The fraction of sp³-hybridized carbons (Fsp3) is 0.0500. The zero-order valence-corrected chi connectivity index (χ0v) is 14.8. The van der Waals surface area contributed by atoms with Crippen molar-refractivity contribution in [2.24, 2.45) is 0 Å². The number of hydrogen-bond acceptors (Lipinski definition) is 7. The van der Waals surface area contributed by atoms with Gasteiger partial charge < -0.3 is 16.6 Å². The third kappa shape index (κ3) is 5.73. The van der Waals surface area contributed by atoms with Crippen molar-refractivity contribution >= 4 is 29.2 Å². The molecule has 0 saturated heterocycles. The topological polar surface area (TPSA) is 149 Å². The van der Waals surface area contributed by atoms with Crippen molar-refractivity contribution in [1.29, 1.82) is 0 Å². The van der Waals surface area contributed by atoms with Crippen molar-refractivity contribution in [3.05, 3.63) is 83.7 Å². The van der Waals surface area contributed by atoms with Crippen LogP contribution in [0.4, 0.5) is 11.6 Å². The molecule has 2 aromatic carbocycles. The number of carboxylic acids is 1. The molecular weight excluding hydrogens is 360 g/mol. The first-order chi connectivity index (χ1) is 13.4. The molecule has 142 valence electrons. The van der Waals surface area contributed by atoms with Crippen LogP contribution >= 0.6 is 0 Å². The SMILES string of the molecule is Nc1cnc(C(=O)O)c(N)n1.O=C(CC(=O)c1ccccc1)c1ccccc1. The van der Waals surface area contributed by atoms with Crippen LogP contribution in [0, 0.1) is 0 Å². The minimum absolute atomic E-state index is 0.0754. The number of carboxylic acid groups (broad SMARTS) is 1. The predicted molar refractivity (Wildman–Crippen MR) is 104 cm³/mol. The Bertz CT molecular complexity index is 927. The Kier molecular flexibility index (Phi) is 6.93. The van der Waals surface area contributed by atoms with E-state index in [1.807, 2.05) is 12.1 Å². The van der Waals surface area contributed by atoms with Gasteiger partial charge in [-0.15, -0.1) is 0 Å². The van der Waals surface area contributed by atoms with E-state index in [9.17, 15) is 14.4 Å². The van der Waals surface area contributed by atoms with E-state index in [4.69, 9.17) is 16.6 Å². The first-order valence-corrected chi connectivity index (χ1v) is 8.16. The fourth-order valence-electron chi connectivity index (χ4n) is 2.18. The van der Waals surface area contributed by atoms with Gasteiger partial charge in [0.05, 0.1) is 12.6 Å². The van der Waals surface area contributed by atoms with Crippen molar-refractivity contribution in [1.82, 2.24) is 9.97 Å². The van der Waals surface area contributed by atoms with Gasteiger partial charge in [0.1, 0.15) is 5.82 Å². The summed E-state index contributed by atoms with van der Waals surface area (Å²) in [5.74, 6) is -1.56. The molecule has 1 heterocycles. The molecule has 0 spiro atoms. The highest BCUT2D eigenvalue weighted by Crippen LogP contribution is 2.08. The number of hydrogen-bond donors (Lipinski definition) is 3. The van der Waals surface area contributed by atoms with E-state index in [0.29, 0.717) is 11.1 Å². The van der Waals surface area contributed by atoms with Crippen LogP contribution in [0.5, 0.6) is 0 Å². The van der Waals surface area contributed by atoms with Gasteiger partial charge >= 0.3 is 5.97 Å². The van der Waals surface area contributed by atoms with Crippen molar-refractivity contribution in [3.63, 3.8) is 0 Å². The molecular formula is C20H18N4O4. The standard InChI is InChI=1S/C15H12O2.C5H6N4O2/c16-14(12-7-3-1-4-8-12)11-15(17)13-9-5-2-6-10-13;6-2-1-8-3(5(10)11)4(7)9-2/h1-10H,11H2;1H,(H,10,11)(H4,6,7,9). The Hall–Kier alpha value is -4.07. The number of nitrogens with two attached hydrogens (primary N) is 2. The summed E-state index contributed by atoms with van der Waals surface area (Å²) in [4.78, 5) is 40.9. The highest BCUT2D eigenvalue weighted by Gasteiger charge is 2.12. The molecule has 3 aromatic rings. The summed E-state index contributed by atoms with van der Waals surface area (Å²) in [5, 5.41) is 8.43. The van der Waals surface area contributed by atoms with E-state index in [0.717, 1.165) is 6.20 Å². The molecule has 5 N–H and O–H groups in total. The molecule has 0 unspecified atom stereocenters.